The van der Waals surface area contributed by atoms with E-state index < -0.39 is 0 Å². The number of unbranched alkanes of at least 4 members (excludes halogenated alkanes) is 2. The number of hydrogen-bond donors (Lipinski definition) is 2. The Hall–Kier alpha value is -3.62. The van der Waals surface area contributed by atoms with Crippen LogP contribution in [0.25, 0.3) is 0 Å². The van der Waals surface area contributed by atoms with Crippen LogP contribution in [0.3, 0.4) is 0 Å². The minimum Gasteiger partial charge on any atom is -0.372 e. The zero-order chi connectivity index (χ0) is 24.0. The van der Waals surface area contributed by atoms with Gasteiger partial charge in [-0.3, -0.25) is 0 Å². The molecule has 0 saturated heterocycles. The van der Waals surface area contributed by atoms with Crippen molar-refractivity contribution in [2.45, 2.75) is 39.5 Å². The Labute approximate surface area is 200 Å². The number of rotatable bonds is 13. The molecule has 0 bridgehead atoms. The lowest BCUT2D eigenvalue weighted by molar-refractivity contribution is -0.215. The molecule has 0 fully saturated rings. The second kappa shape index (κ2) is 13.8. The molecule has 0 atom stereocenters. The van der Waals surface area contributed by atoms with Gasteiger partial charge >= 0.3 is 0 Å². The van der Waals surface area contributed by atoms with Gasteiger partial charge in [-0.2, -0.15) is 20.5 Å². The van der Waals surface area contributed by atoms with Gasteiger partial charge in [0.25, 0.3) is 0 Å². The number of nitrogens with zero attached hydrogens (tertiary/aromatic N) is 5. The van der Waals surface area contributed by atoms with Crippen molar-refractivity contribution in [3.63, 3.8) is 0 Å². The van der Waals surface area contributed by atoms with Gasteiger partial charge < -0.3 is 4.90 Å². The van der Waals surface area contributed by atoms with Crippen molar-refractivity contribution in [1.82, 2.24) is 0 Å². The molecule has 3 rings (SSSR count). The van der Waals surface area contributed by atoms with Gasteiger partial charge in [0, 0.05) is 18.8 Å². The first-order valence-corrected chi connectivity index (χ1v) is 11.7. The summed E-state index contributed by atoms with van der Waals surface area (Å²) >= 11 is 0. The van der Waals surface area contributed by atoms with Crippen LogP contribution in [-0.2, 0) is 4.99 Å². The first kappa shape index (κ1) is 25.0. The fourth-order valence-corrected chi connectivity index (χ4v) is 3.26. The summed E-state index contributed by atoms with van der Waals surface area (Å²) in [6.45, 7) is 6.62. The van der Waals surface area contributed by atoms with Gasteiger partial charge in [0.1, 0.15) is 0 Å². The van der Waals surface area contributed by atoms with Gasteiger partial charge in [-0.25, -0.2) is 10.7 Å². The molecule has 0 unspecified atom stereocenters. The molecule has 3 aromatic rings. The molecular formula is C26H32N6O2. The van der Waals surface area contributed by atoms with Crippen molar-refractivity contribution in [3.05, 3.63) is 72.8 Å². The normalized spacial score (nSPS) is 11.4. The second-order valence-corrected chi connectivity index (χ2v) is 7.87. The summed E-state index contributed by atoms with van der Waals surface area (Å²) in [4.78, 5) is 6.33. The van der Waals surface area contributed by atoms with Crippen molar-refractivity contribution in [1.29, 1.82) is 0 Å². The smallest absolute Gasteiger partial charge is 0.0858 e. The van der Waals surface area contributed by atoms with Crippen molar-refractivity contribution < 1.29 is 10.2 Å². The minimum atomic E-state index is 0.608. The molecule has 2 N–H and O–H groups in total. The Morgan fingerprint density at radius 1 is 0.647 bits per heavy atom. The van der Waals surface area contributed by atoms with Crippen LogP contribution >= 0.6 is 0 Å². The number of hydrogen-bond acceptors (Lipinski definition) is 8. The quantitative estimate of drug-likeness (QED) is 0.151. The zero-order valence-corrected chi connectivity index (χ0v) is 19.8. The van der Waals surface area contributed by atoms with E-state index in [0.717, 1.165) is 24.5 Å². The maximum Gasteiger partial charge on any atom is 0.0858 e. The topological polar surface area (TPSA) is 94.2 Å². The van der Waals surface area contributed by atoms with E-state index in [9.17, 15) is 0 Å². The van der Waals surface area contributed by atoms with Crippen LogP contribution in [-0.4, -0.2) is 18.3 Å². The summed E-state index contributed by atoms with van der Waals surface area (Å²) in [7, 11) is 0. The average Bonchev–Trinajstić information content (AvgIpc) is 2.88. The molecule has 178 valence electrons. The van der Waals surface area contributed by atoms with Gasteiger partial charge in [-0.05, 0) is 85.6 Å². The monoisotopic (exact) mass is 460 g/mol. The van der Waals surface area contributed by atoms with Gasteiger partial charge in [-0.15, -0.1) is 4.99 Å². The number of benzene rings is 3. The molecule has 0 amide bonds. The van der Waals surface area contributed by atoms with E-state index in [-0.39, 0.29) is 0 Å². The van der Waals surface area contributed by atoms with Gasteiger partial charge in [0.2, 0.25) is 0 Å². The minimum absolute atomic E-state index is 0.608. The van der Waals surface area contributed by atoms with Crippen LogP contribution in [0, 0.1) is 0 Å². The van der Waals surface area contributed by atoms with Crippen LogP contribution in [0.15, 0.2) is 93.3 Å². The average molecular weight is 461 g/mol. The molecule has 0 aromatic heterocycles. The van der Waals surface area contributed by atoms with E-state index in [1.165, 1.54) is 31.4 Å². The molecular weight excluding hydrogens is 428 g/mol. The van der Waals surface area contributed by atoms with Crippen molar-refractivity contribution >= 4 is 34.1 Å². The van der Waals surface area contributed by atoms with E-state index >= 15 is 0 Å². The summed E-state index contributed by atoms with van der Waals surface area (Å²) in [5, 5.41) is 25.5. The highest BCUT2D eigenvalue weighted by atomic mass is 17.2. The van der Waals surface area contributed by atoms with E-state index in [1.807, 2.05) is 36.4 Å². The van der Waals surface area contributed by atoms with Crippen LogP contribution < -0.4 is 10.4 Å². The molecule has 0 spiro atoms. The van der Waals surface area contributed by atoms with E-state index in [1.54, 1.807) is 24.3 Å². The summed E-state index contributed by atoms with van der Waals surface area (Å²) in [5.74, 6) is 0. The van der Waals surface area contributed by atoms with Crippen molar-refractivity contribution in [2.24, 2.45) is 20.5 Å². The van der Waals surface area contributed by atoms with Gasteiger partial charge in [0.15, 0.2) is 0 Å². The van der Waals surface area contributed by atoms with Gasteiger partial charge in [-0.1, -0.05) is 26.7 Å². The summed E-state index contributed by atoms with van der Waals surface area (Å²) in [6, 6.07) is 22.6. The molecule has 0 radical (unpaired) electrons. The third-order valence-electron chi connectivity index (χ3n) is 5.22. The van der Waals surface area contributed by atoms with E-state index in [0.29, 0.717) is 17.1 Å². The number of anilines is 2. The largest absolute Gasteiger partial charge is 0.372 e. The SMILES string of the molecule is CCCCN(CCCC)c1ccc(N=Nc2ccc(N=Nc3ccc(NOO)cc3)cc2)cc1. The highest BCUT2D eigenvalue weighted by Gasteiger charge is 2.05. The fraction of sp³-hybridized carbons (Fsp3) is 0.308. The Morgan fingerprint density at radius 3 is 1.41 bits per heavy atom. The number of nitrogens with one attached hydrogen (secondary N) is 1. The molecule has 0 aliphatic carbocycles. The molecule has 0 saturated carbocycles. The molecule has 34 heavy (non-hydrogen) atoms. The predicted molar refractivity (Wildman–Crippen MR) is 137 cm³/mol. The van der Waals surface area contributed by atoms with Gasteiger partial charge in [0.05, 0.1) is 28.4 Å². The lowest BCUT2D eigenvalue weighted by Gasteiger charge is -2.24. The first-order chi connectivity index (χ1) is 16.7. The third-order valence-corrected chi connectivity index (χ3v) is 5.22. The predicted octanol–water partition coefficient (Wildman–Crippen LogP) is 8.74. The Kier molecular flexibility index (Phi) is 10.2. The Balaban J connectivity index is 1.57. The third kappa shape index (κ3) is 8.06. The summed E-state index contributed by atoms with van der Waals surface area (Å²) < 4.78 is 0. The van der Waals surface area contributed by atoms with E-state index in [2.05, 4.69) is 61.8 Å². The molecule has 0 heterocycles. The lowest BCUT2D eigenvalue weighted by Crippen LogP contribution is -2.25. The standard InChI is InChI=1S/C26H32N6O2/c1-3-5-19-32(20-6-4-2)26-17-15-24(16-18-26)30-28-22-9-7-21(8-10-22)27-29-23-11-13-25(14-12-23)31-34-33/h7-18,31,33H,3-6,19-20H2,1-2H3. The maximum atomic E-state index is 8.38. The molecule has 0 aliphatic heterocycles. The highest BCUT2D eigenvalue weighted by molar-refractivity contribution is 5.54. The fourth-order valence-electron chi connectivity index (χ4n) is 3.26. The van der Waals surface area contributed by atoms with Crippen LogP contribution in [0.4, 0.5) is 34.1 Å². The van der Waals surface area contributed by atoms with Crippen molar-refractivity contribution in [3.8, 4) is 0 Å². The first-order valence-electron chi connectivity index (χ1n) is 11.7. The maximum absolute atomic E-state index is 8.38. The van der Waals surface area contributed by atoms with Crippen LogP contribution in [0.2, 0.25) is 0 Å². The van der Waals surface area contributed by atoms with Crippen molar-refractivity contribution in [2.75, 3.05) is 23.5 Å². The van der Waals surface area contributed by atoms with Crippen LogP contribution in [0.1, 0.15) is 39.5 Å². The lowest BCUT2D eigenvalue weighted by atomic mass is 10.2. The number of azo groups is 2. The van der Waals surface area contributed by atoms with Crippen LogP contribution in [0.5, 0.6) is 0 Å². The summed E-state index contributed by atoms with van der Waals surface area (Å²) in [6.07, 6.45) is 4.79. The highest BCUT2D eigenvalue weighted by Crippen LogP contribution is 2.25. The Bertz CT molecular complexity index is 1030. The second-order valence-electron chi connectivity index (χ2n) is 7.87. The van der Waals surface area contributed by atoms with E-state index in [4.69, 9.17) is 5.26 Å². The molecule has 8 nitrogen and oxygen atoms in total. The summed E-state index contributed by atoms with van der Waals surface area (Å²) in [5.41, 5.74) is 7.13. The molecule has 8 heteroatoms. The molecule has 0 aliphatic rings. The zero-order valence-electron chi connectivity index (χ0n) is 19.8. The molecule has 3 aromatic carbocycles. The Morgan fingerprint density at radius 2 is 1.03 bits per heavy atom.